The van der Waals surface area contributed by atoms with Gasteiger partial charge in [-0.1, -0.05) is 19.9 Å². The topological polar surface area (TPSA) is 24.9 Å². The van der Waals surface area contributed by atoms with Crippen LogP contribution in [0.1, 0.15) is 36.4 Å². The zero-order valence-corrected chi connectivity index (χ0v) is 13.0. The molecule has 0 bridgehead atoms. The molecule has 0 fully saturated rings. The zero-order valence-electron chi connectivity index (χ0n) is 10.6. The molecule has 2 nitrogen and oxygen atoms in total. The number of likely N-dealkylation sites (N-methyl/N-ethyl adjacent to an activating group) is 1. The van der Waals surface area contributed by atoms with Gasteiger partial charge >= 0.3 is 0 Å². The molecule has 0 aliphatic heterocycles. The highest BCUT2D eigenvalue weighted by Crippen LogP contribution is 2.36. The largest absolute Gasteiger partial charge is 0.309 e. The molecule has 1 N–H and O–H groups in total. The van der Waals surface area contributed by atoms with E-state index in [1.165, 1.54) is 9.35 Å². The molecule has 18 heavy (non-hydrogen) atoms. The van der Waals surface area contributed by atoms with Crippen molar-refractivity contribution >= 4 is 27.3 Å². The van der Waals surface area contributed by atoms with Crippen LogP contribution in [0, 0.1) is 0 Å². The van der Waals surface area contributed by atoms with E-state index >= 15 is 0 Å². The Labute approximate surface area is 121 Å². The van der Waals surface area contributed by atoms with E-state index < -0.39 is 0 Å². The van der Waals surface area contributed by atoms with Crippen molar-refractivity contribution in [3.63, 3.8) is 0 Å². The van der Waals surface area contributed by atoms with Crippen LogP contribution in [0.4, 0.5) is 0 Å². The van der Waals surface area contributed by atoms with Gasteiger partial charge in [-0.25, -0.2) is 0 Å². The molecule has 4 heteroatoms. The van der Waals surface area contributed by atoms with E-state index in [9.17, 15) is 0 Å². The SMILES string of the molecule is CCNC(c1sccc1Br)C(C)c1ccccn1. The molecule has 0 aliphatic carbocycles. The summed E-state index contributed by atoms with van der Waals surface area (Å²) in [4.78, 5) is 5.81. The fraction of sp³-hybridized carbons (Fsp3) is 0.357. The number of nitrogens with zero attached hydrogens (tertiary/aromatic N) is 1. The second-order valence-electron chi connectivity index (χ2n) is 4.21. The first-order valence-corrected chi connectivity index (χ1v) is 7.78. The fourth-order valence-electron chi connectivity index (χ4n) is 2.06. The first kappa shape index (κ1) is 13.7. The second-order valence-corrected chi connectivity index (χ2v) is 6.01. The highest BCUT2D eigenvalue weighted by Gasteiger charge is 2.23. The molecule has 2 unspecified atom stereocenters. The minimum Gasteiger partial charge on any atom is -0.309 e. The quantitative estimate of drug-likeness (QED) is 0.883. The minimum atomic E-state index is 0.305. The van der Waals surface area contributed by atoms with E-state index in [2.05, 4.69) is 57.6 Å². The maximum Gasteiger partial charge on any atom is 0.0508 e. The van der Waals surface area contributed by atoms with Crippen LogP contribution in [-0.4, -0.2) is 11.5 Å². The molecule has 0 saturated carbocycles. The fourth-order valence-corrected chi connectivity index (χ4v) is 3.86. The molecule has 0 amide bonds. The van der Waals surface area contributed by atoms with Gasteiger partial charge in [-0.2, -0.15) is 0 Å². The lowest BCUT2D eigenvalue weighted by molar-refractivity contribution is 0.477. The zero-order chi connectivity index (χ0) is 13.0. The van der Waals surface area contributed by atoms with Crippen molar-refractivity contribution in [2.45, 2.75) is 25.8 Å². The molecule has 0 aromatic carbocycles. The van der Waals surface area contributed by atoms with Crippen LogP contribution in [0.2, 0.25) is 0 Å². The Balaban J connectivity index is 2.28. The summed E-state index contributed by atoms with van der Waals surface area (Å²) in [5.74, 6) is 0.348. The van der Waals surface area contributed by atoms with E-state index in [1.54, 1.807) is 11.3 Å². The smallest absolute Gasteiger partial charge is 0.0508 e. The summed E-state index contributed by atoms with van der Waals surface area (Å²) in [6.07, 6.45) is 1.86. The van der Waals surface area contributed by atoms with E-state index in [4.69, 9.17) is 0 Å². The summed E-state index contributed by atoms with van der Waals surface area (Å²) in [6, 6.07) is 8.51. The number of rotatable bonds is 5. The molecule has 0 saturated heterocycles. The van der Waals surface area contributed by atoms with Crippen LogP contribution in [0.5, 0.6) is 0 Å². The lowest BCUT2D eigenvalue weighted by atomic mass is 9.96. The number of halogens is 1. The first-order valence-electron chi connectivity index (χ1n) is 6.11. The Kier molecular flexibility index (Phi) is 4.92. The Hall–Kier alpha value is -0.710. The highest BCUT2D eigenvalue weighted by atomic mass is 79.9. The monoisotopic (exact) mass is 324 g/mol. The number of hydrogen-bond donors (Lipinski definition) is 1. The van der Waals surface area contributed by atoms with Gasteiger partial charge in [0, 0.05) is 27.2 Å². The van der Waals surface area contributed by atoms with E-state index in [0.717, 1.165) is 12.2 Å². The molecule has 2 rings (SSSR count). The average molecular weight is 325 g/mol. The lowest BCUT2D eigenvalue weighted by Gasteiger charge is -2.24. The summed E-state index contributed by atoms with van der Waals surface area (Å²) < 4.78 is 1.18. The summed E-state index contributed by atoms with van der Waals surface area (Å²) in [5, 5.41) is 5.68. The van der Waals surface area contributed by atoms with Gasteiger partial charge in [-0.05, 0) is 46.1 Å². The molecule has 2 heterocycles. The van der Waals surface area contributed by atoms with Crippen LogP contribution in [0.15, 0.2) is 40.3 Å². The van der Waals surface area contributed by atoms with Crippen LogP contribution >= 0.6 is 27.3 Å². The Morgan fingerprint density at radius 3 is 2.78 bits per heavy atom. The lowest BCUT2D eigenvalue weighted by Crippen LogP contribution is -2.25. The van der Waals surface area contributed by atoms with Crippen molar-refractivity contribution in [3.8, 4) is 0 Å². The van der Waals surface area contributed by atoms with Crippen LogP contribution in [-0.2, 0) is 0 Å². The van der Waals surface area contributed by atoms with Crippen molar-refractivity contribution in [3.05, 3.63) is 50.9 Å². The molecular formula is C14H17BrN2S. The molecule has 0 spiro atoms. The van der Waals surface area contributed by atoms with Crippen molar-refractivity contribution in [2.24, 2.45) is 0 Å². The Morgan fingerprint density at radius 2 is 2.22 bits per heavy atom. The summed E-state index contributed by atoms with van der Waals surface area (Å²) in [7, 11) is 0. The molecule has 2 aromatic rings. The van der Waals surface area contributed by atoms with E-state index in [1.807, 2.05) is 18.3 Å². The number of pyridine rings is 1. The van der Waals surface area contributed by atoms with Crippen molar-refractivity contribution < 1.29 is 0 Å². The highest BCUT2D eigenvalue weighted by molar-refractivity contribution is 9.10. The predicted molar refractivity (Wildman–Crippen MR) is 81.1 cm³/mol. The standard InChI is InChI=1S/C14H17BrN2S/c1-3-16-13(14-11(15)7-9-18-14)10(2)12-6-4-5-8-17-12/h4-10,13,16H,3H2,1-2H3. The normalized spacial score (nSPS) is 14.4. The number of aromatic nitrogens is 1. The maximum atomic E-state index is 4.47. The van der Waals surface area contributed by atoms with Gasteiger partial charge in [0.2, 0.25) is 0 Å². The van der Waals surface area contributed by atoms with Crippen LogP contribution < -0.4 is 5.32 Å². The average Bonchev–Trinajstić information content (AvgIpc) is 2.82. The predicted octanol–water partition coefficient (Wildman–Crippen LogP) is 4.36. The summed E-state index contributed by atoms with van der Waals surface area (Å²) in [5.41, 5.74) is 1.13. The Morgan fingerprint density at radius 1 is 1.39 bits per heavy atom. The van der Waals surface area contributed by atoms with Gasteiger partial charge in [0.15, 0.2) is 0 Å². The third kappa shape index (κ3) is 2.99. The van der Waals surface area contributed by atoms with E-state index in [-0.39, 0.29) is 0 Å². The maximum absolute atomic E-state index is 4.47. The van der Waals surface area contributed by atoms with E-state index in [0.29, 0.717) is 12.0 Å². The van der Waals surface area contributed by atoms with Gasteiger partial charge < -0.3 is 5.32 Å². The second kappa shape index (κ2) is 6.45. The van der Waals surface area contributed by atoms with Gasteiger partial charge in [0.1, 0.15) is 0 Å². The molecule has 0 aliphatic rings. The molecule has 2 aromatic heterocycles. The molecule has 0 radical (unpaired) electrons. The number of thiophene rings is 1. The van der Waals surface area contributed by atoms with Crippen LogP contribution in [0.25, 0.3) is 0 Å². The van der Waals surface area contributed by atoms with Gasteiger partial charge in [-0.3, -0.25) is 4.98 Å². The van der Waals surface area contributed by atoms with Crippen molar-refractivity contribution in [2.75, 3.05) is 6.54 Å². The van der Waals surface area contributed by atoms with Crippen molar-refractivity contribution in [1.82, 2.24) is 10.3 Å². The molecular weight excluding hydrogens is 308 g/mol. The van der Waals surface area contributed by atoms with Crippen molar-refractivity contribution in [1.29, 1.82) is 0 Å². The van der Waals surface area contributed by atoms with Gasteiger partial charge in [0.25, 0.3) is 0 Å². The Bertz CT molecular complexity index is 484. The molecule has 2 atom stereocenters. The summed E-state index contributed by atoms with van der Waals surface area (Å²) >= 11 is 5.41. The number of hydrogen-bond acceptors (Lipinski definition) is 3. The number of nitrogens with one attached hydrogen (secondary N) is 1. The summed E-state index contributed by atoms with van der Waals surface area (Å²) in [6.45, 7) is 5.31. The van der Waals surface area contributed by atoms with Gasteiger partial charge in [-0.15, -0.1) is 11.3 Å². The first-order chi connectivity index (χ1) is 8.74. The van der Waals surface area contributed by atoms with Gasteiger partial charge in [0.05, 0.1) is 6.04 Å². The van der Waals surface area contributed by atoms with Crippen LogP contribution in [0.3, 0.4) is 0 Å². The minimum absolute atomic E-state index is 0.305. The third-order valence-electron chi connectivity index (χ3n) is 3.01. The molecule has 96 valence electrons. The third-order valence-corrected chi connectivity index (χ3v) is 4.96.